The van der Waals surface area contributed by atoms with Crippen LogP contribution in [0.3, 0.4) is 0 Å². The third-order valence-electron chi connectivity index (χ3n) is 1.15. The van der Waals surface area contributed by atoms with E-state index in [1.807, 2.05) is 6.92 Å². The molecule has 0 amide bonds. The summed E-state index contributed by atoms with van der Waals surface area (Å²) in [6.45, 7) is 2.35. The van der Waals surface area contributed by atoms with Crippen molar-refractivity contribution in [1.82, 2.24) is 0 Å². The summed E-state index contributed by atoms with van der Waals surface area (Å²) < 4.78 is 17.6. The fraction of sp³-hybridized carbons (Fsp3) is 0.250. The Kier molecular flexibility index (Phi) is 2.71. The molecule has 0 unspecified atom stereocenters. The summed E-state index contributed by atoms with van der Waals surface area (Å²) in [5, 5.41) is 0.355. The highest BCUT2D eigenvalue weighted by Crippen LogP contribution is 2.19. The Bertz CT molecular complexity index is 230. The lowest BCUT2D eigenvalue weighted by molar-refractivity contribution is 0.338. The summed E-state index contributed by atoms with van der Waals surface area (Å²) in [6.07, 6.45) is 0. The van der Waals surface area contributed by atoms with Gasteiger partial charge in [-0.1, -0.05) is 11.6 Å². The van der Waals surface area contributed by atoms with E-state index in [1.54, 1.807) is 6.07 Å². The average Bonchev–Trinajstić information content (AvgIpc) is 1.85. The van der Waals surface area contributed by atoms with Crippen LogP contribution in [-0.2, 0) is 0 Å². The third kappa shape index (κ3) is 2.39. The second kappa shape index (κ2) is 3.58. The van der Waals surface area contributed by atoms with Crippen LogP contribution in [0, 0.1) is 5.82 Å². The molecule has 0 N–H and O–H groups in total. The van der Waals surface area contributed by atoms with Crippen LogP contribution in [-0.4, -0.2) is 6.61 Å². The fourth-order valence-electron chi connectivity index (χ4n) is 0.779. The molecule has 0 aliphatic heterocycles. The lowest BCUT2D eigenvalue weighted by atomic mass is 10.3. The van der Waals surface area contributed by atoms with Gasteiger partial charge in [-0.05, 0) is 19.1 Å². The minimum absolute atomic E-state index is 0.355. The Morgan fingerprint density at radius 2 is 2.18 bits per heavy atom. The van der Waals surface area contributed by atoms with Crippen LogP contribution in [0.1, 0.15) is 6.92 Å². The maximum absolute atomic E-state index is 12.6. The van der Waals surface area contributed by atoms with E-state index in [-0.39, 0.29) is 5.82 Å². The van der Waals surface area contributed by atoms with Crippen molar-refractivity contribution in [2.24, 2.45) is 0 Å². The Labute approximate surface area is 69.7 Å². The van der Waals surface area contributed by atoms with Gasteiger partial charge in [0, 0.05) is 11.1 Å². The van der Waals surface area contributed by atoms with Crippen molar-refractivity contribution in [2.45, 2.75) is 6.92 Å². The molecule has 0 aliphatic rings. The van der Waals surface area contributed by atoms with Crippen LogP contribution in [0.4, 0.5) is 4.39 Å². The van der Waals surface area contributed by atoms with E-state index < -0.39 is 0 Å². The van der Waals surface area contributed by atoms with Gasteiger partial charge in [0.2, 0.25) is 0 Å². The summed E-state index contributed by atoms with van der Waals surface area (Å²) in [4.78, 5) is 0. The summed E-state index contributed by atoms with van der Waals surface area (Å²) in [6, 6.07) is 4.12. The predicted molar refractivity (Wildman–Crippen MR) is 42.6 cm³/mol. The summed E-state index contributed by atoms with van der Waals surface area (Å²) >= 11 is 5.57. The minimum atomic E-state index is -0.374. The quantitative estimate of drug-likeness (QED) is 0.670. The first-order valence-electron chi connectivity index (χ1n) is 3.31. The van der Waals surface area contributed by atoms with Gasteiger partial charge in [-0.15, -0.1) is 0 Å². The van der Waals surface area contributed by atoms with Gasteiger partial charge in [0.25, 0.3) is 0 Å². The number of ether oxygens (including phenoxy) is 1. The van der Waals surface area contributed by atoms with E-state index in [9.17, 15) is 4.39 Å². The molecule has 0 spiro atoms. The van der Waals surface area contributed by atoms with E-state index in [0.29, 0.717) is 17.4 Å². The van der Waals surface area contributed by atoms with Gasteiger partial charge in [0.15, 0.2) is 0 Å². The number of rotatable bonds is 2. The van der Waals surface area contributed by atoms with Crippen molar-refractivity contribution >= 4 is 11.6 Å². The van der Waals surface area contributed by atoms with Crippen molar-refractivity contribution < 1.29 is 9.13 Å². The lowest BCUT2D eigenvalue weighted by Crippen LogP contribution is -1.91. The standard InChI is InChI=1S/C8H8ClFO/c1-2-11-8-4-6(9)3-7(10)5-8/h3-5H,2H2,1H3. The molecule has 11 heavy (non-hydrogen) atoms. The monoisotopic (exact) mass is 174 g/mol. The molecule has 0 saturated carbocycles. The third-order valence-corrected chi connectivity index (χ3v) is 1.37. The minimum Gasteiger partial charge on any atom is -0.494 e. The van der Waals surface area contributed by atoms with Crippen LogP contribution in [0.25, 0.3) is 0 Å². The van der Waals surface area contributed by atoms with Crippen LogP contribution < -0.4 is 4.74 Å². The lowest BCUT2D eigenvalue weighted by Gasteiger charge is -2.02. The molecule has 1 aromatic carbocycles. The number of benzene rings is 1. The molecular formula is C8H8ClFO. The first-order valence-corrected chi connectivity index (χ1v) is 3.69. The van der Waals surface area contributed by atoms with Crippen LogP contribution in [0.15, 0.2) is 18.2 Å². The summed E-state index contributed by atoms with van der Waals surface area (Å²) in [5.41, 5.74) is 0. The Hall–Kier alpha value is -0.760. The van der Waals surface area contributed by atoms with E-state index >= 15 is 0 Å². The Morgan fingerprint density at radius 1 is 1.45 bits per heavy atom. The maximum atomic E-state index is 12.6. The molecule has 0 aromatic heterocycles. The van der Waals surface area contributed by atoms with Crippen LogP contribution in [0.5, 0.6) is 5.75 Å². The fourth-order valence-corrected chi connectivity index (χ4v) is 0.990. The molecule has 0 bridgehead atoms. The first-order chi connectivity index (χ1) is 5.22. The zero-order chi connectivity index (χ0) is 8.27. The van der Waals surface area contributed by atoms with E-state index in [4.69, 9.17) is 16.3 Å². The largest absolute Gasteiger partial charge is 0.494 e. The van der Waals surface area contributed by atoms with Crippen molar-refractivity contribution in [3.05, 3.63) is 29.0 Å². The highest BCUT2D eigenvalue weighted by Gasteiger charge is 1.97. The zero-order valence-corrected chi connectivity index (χ0v) is 6.86. The van der Waals surface area contributed by atoms with Gasteiger partial charge in [-0.3, -0.25) is 0 Å². The number of hydrogen-bond donors (Lipinski definition) is 0. The molecule has 1 aromatic rings. The molecular weight excluding hydrogens is 167 g/mol. The van der Waals surface area contributed by atoms with Gasteiger partial charge in [0.05, 0.1) is 6.61 Å². The Balaban J connectivity index is 2.89. The molecule has 0 heterocycles. The van der Waals surface area contributed by atoms with E-state index in [0.717, 1.165) is 0 Å². The van der Waals surface area contributed by atoms with Crippen LogP contribution in [0.2, 0.25) is 5.02 Å². The second-order valence-electron chi connectivity index (χ2n) is 2.04. The molecule has 1 rings (SSSR count). The van der Waals surface area contributed by atoms with Crippen molar-refractivity contribution in [3.8, 4) is 5.75 Å². The molecule has 0 radical (unpaired) electrons. The zero-order valence-electron chi connectivity index (χ0n) is 6.10. The molecule has 0 aliphatic carbocycles. The topological polar surface area (TPSA) is 9.23 Å². The average molecular weight is 175 g/mol. The van der Waals surface area contributed by atoms with Gasteiger partial charge < -0.3 is 4.74 Å². The highest BCUT2D eigenvalue weighted by atomic mass is 35.5. The predicted octanol–water partition coefficient (Wildman–Crippen LogP) is 2.88. The van der Waals surface area contributed by atoms with Crippen molar-refractivity contribution in [3.63, 3.8) is 0 Å². The van der Waals surface area contributed by atoms with Crippen molar-refractivity contribution in [1.29, 1.82) is 0 Å². The smallest absolute Gasteiger partial charge is 0.128 e. The van der Waals surface area contributed by atoms with Gasteiger partial charge in [-0.25, -0.2) is 4.39 Å². The number of hydrogen-bond acceptors (Lipinski definition) is 1. The Morgan fingerprint density at radius 3 is 2.73 bits per heavy atom. The SMILES string of the molecule is CCOc1cc(F)cc(Cl)c1. The van der Waals surface area contributed by atoms with Crippen LogP contribution >= 0.6 is 11.6 Å². The van der Waals surface area contributed by atoms with E-state index in [2.05, 4.69) is 0 Å². The molecule has 0 atom stereocenters. The molecule has 0 fully saturated rings. The first kappa shape index (κ1) is 8.34. The van der Waals surface area contributed by atoms with Crippen molar-refractivity contribution in [2.75, 3.05) is 6.61 Å². The van der Waals surface area contributed by atoms with E-state index in [1.165, 1.54) is 12.1 Å². The number of halogens is 2. The molecule has 1 nitrogen and oxygen atoms in total. The highest BCUT2D eigenvalue weighted by molar-refractivity contribution is 6.30. The normalized spacial score (nSPS) is 9.73. The summed E-state index contributed by atoms with van der Waals surface area (Å²) in [5.74, 6) is 0.0958. The van der Waals surface area contributed by atoms with Gasteiger partial charge in [-0.2, -0.15) is 0 Å². The second-order valence-corrected chi connectivity index (χ2v) is 2.47. The van der Waals surface area contributed by atoms with Gasteiger partial charge in [0.1, 0.15) is 11.6 Å². The van der Waals surface area contributed by atoms with Gasteiger partial charge >= 0.3 is 0 Å². The molecule has 60 valence electrons. The summed E-state index contributed by atoms with van der Waals surface area (Å²) in [7, 11) is 0. The molecule has 3 heteroatoms. The maximum Gasteiger partial charge on any atom is 0.128 e. The molecule has 0 saturated heterocycles.